The van der Waals surface area contributed by atoms with Gasteiger partial charge >= 0.3 is 0 Å². The lowest BCUT2D eigenvalue weighted by molar-refractivity contribution is -0.117. The van der Waals surface area contributed by atoms with Crippen LogP contribution in [0.25, 0.3) is 11.0 Å². The number of hydrogen-bond acceptors (Lipinski definition) is 5. The van der Waals surface area contributed by atoms with Gasteiger partial charge in [-0.25, -0.2) is 4.98 Å². The van der Waals surface area contributed by atoms with Crippen LogP contribution in [0.4, 0.5) is 5.69 Å². The number of anilines is 1. The number of aryl methyl sites for hydroxylation is 1. The number of unbranched alkanes of at least 4 members (excludes halogenated alkanes) is 3. The number of nitrogens with zero attached hydrogens (tertiary/aromatic N) is 2. The first-order valence-corrected chi connectivity index (χ1v) is 12.0. The van der Waals surface area contributed by atoms with Crippen molar-refractivity contribution in [2.45, 2.75) is 65.8 Å². The minimum Gasteiger partial charge on any atom is -0.503 e. The number of ketones is 2. The van der Waals surface area contributed by atoms with E-state index in [1.54, 1.807) is 31.5 Å². The second-order valence-electron chi connectivity index (χ2n) is 8.92. The van der Waals surface area contributed by atoms with Crippen molar-refractivity contribution in [3.63, 3.8) is 0 Å². The summed E-state index contributed by atoms with van der Waals surface area (Å²) in [6.07, 6.45) is 7.18. The van der Waals surface area contributed by atoms with E-state index in [4.69, 9.17) is 0 Å². The molecular weight excluding hydrogens is 442 g/mol. The van der Waals surface area contributed by atoms with Crippen LogP contribution in [0, 0.1) is 6.92 Å². The number of amides is 1. The predicted octanol–water partition coefficient (Wildman–Crippen LogP) is 5.91. The lowest BCUT2D eigenvalue weighted by Crippen LogP contribution is -2.30. The number of benzene rings is 2. The standard InChI is InChI=1S/C20H17N3O3.C8H16O/c1-11-3-5-13(6-4-11)18-17(12(2)24)19(25)20(26)23(18)14-7-8-15-16(9-14)22-10-21-15;1-3-4-5-6-7-8(2)9/h3-10,18,25H,1-2H3,(H,21,22);3-7H2,1-2H3. The highest BCUT2D eigenvalue weighted by Gasteiger charge is 2.43. The van der Waals surface area contributed by atoms with Gasteiger partial charge in [0.25, 0.3) is 5.91 Å². The quantitative estimate of drug-likeness (QED) is 0.395. The van der Waals surface area contributed by atoms with Crippen molar-refractivity contribution < 1.29 is 19.5 Å². The summed E-state index contributed by atoms with van der Waals surface area (Å²) in [4.78, 5) is 44.0. The van der Waals surface area contributed by atoms with Crippen LogP contribution in [-0.2, 0) is 14.4 Å². The average Bonchev–Trinajstić information content (AvgIpc) is 3.39. The fraction of sp³-hybridized carbons (Fsp3) is 0.357. The summed E-state index contributed by atoms with van der Waals surface area (Å²) in [7, 11) is 0. The summed E-state index contributed by atoms with van der Waals surface area (Å²) in [6, 6.07) is 12.3. The minimum atomic E-state index is -0.666. The number of imidazole rings is 1. The third kappa shape index (κ3) is 6.04. The monoisotopic (exact) mass is 475 g/mol. The maximum atomic E-state index is 12.8. The van der Waals surface area contributed by atoms with Gasteiger partial charge in [-0.2, -0.15) is 0 Å². The Labute approximate surface area is 205 Å². The van der Waals surface area contributed by atoms with E-state index >= 15 is 0 Å². The van der Waals surface area contributed by atoms with Gasteiger partial charge in [-0.1, -0.05) is 56.0 Å². The molecule has 1 atom stereocenters. The molecule has 0 fully saturated rings. The molecule has 4 rings (SSSR count). The number of hydrogen-bond donors (Lipinski definition) is 2. The smallest absolute Gasteiger partial charge is 0.294 e. The summed E-state index contributed by atoms with van der Waals surface area (Å²) in [5.74, 6) is -1.08. The molecule has 0 spiro atoms. The molecule has 2 heterocycles. The van der Waals surface area contributed by atoms with Crippen molar-refractivity contribution in [3.8, 4) is 0 Å². The van der Waals surface area contributed by atoms with Crippen LogP contribution in [0.3, 0.4) is 0 Å². The molecule has 0 bridgehead atoms. The number of nitrogens with one attached hydrogen (secondary N) is 1. The molecule has 2 aromatic carbocycles. The van der Waals surface area contributed by atoms with Crippen LogP contribution in [0.1, 0.15) is 70.0 Å². The molecule has 184 valence electrons. The number of fused-ring (bicyclic) bond motifs is 1. The molecule has 1 amide bonds. The first-order chi connectivity index (χ1) is 16.7. The van der Waals surface area contributed by atoms with Gasteiger partial charge in [0.1, 0.15) is 5.78 Å². The van der Waals surface area contributed by atoms with Crippen molar-refractivity contribution in [3.05, 3.63) is 71.3 Å². The van der Waals surface area contributed by atoms with Gasteiger partial charge in [-0.05, 0) is 51.0 Å². The van der Waals surface area contributed by atoms with E-state index in [1.807, 2.05) is 31.2 Å². The van der Waals surface area contributed by atoms with E-state index in [1.165, 1.54) is 31.1 Å². The lowest BCUT2D eigenvalue weighted by Gasteiger charge is -2.26. The zero-order valence-electron chi connectivity index (χ0n) is 20.8. The second kappa shape index (κ2) is 11.6. The molecule has 0 saturated heterocycles. The molecule has 3 aromatic rings. The lowest BCUT2D eigenvalue weighted by atomic mass is 9.95. The maximum absolute atomic E-state index is 12.8. The molecule has 1 aliphatic heterocycles. The summed E-state index contributed by atoms with van der Waals surface area (Å²) in [6.45, 7) is 7.16. The minimum absolute atomic E-state index is 0.114. The number of carbonyl (C=O) groups excluding carboxylic acids is 3. The van der Waals surface area contributed by atoms with Crippen molar-refractivity contribution in [1.29, 1.82) is 0 Å². The maximum Gasteiger partial charge on any atom is 0.294 e. The molecule has 2 N–H and O–H groups in total. The first-order valence-electron chi connectivity index (χ1n) is 12.0. The van der Waals surface area contributed by atoms with Gasteiger partial charge in [0.05, 0.1) is 29.0 Å². The Morgan fingerprint density at radius 1 is 1.06 bits per heavy atom. The summed E-state index contributed by atoms with van der Waals surface area (Å²) in [5.41, 5.74) is 4.08. The Hall–Kier alpha value is -3.74. The molecule has 0 radical (unpaired) electrons. The van der Waals surface area contributed by atoms with E-state index in [0.717, 1.165) is 35.0 Å². The first kappa shape index (κ1) is 25.9. The Morgan fingerprint density at radius 3 is 2.40 bits per heavy atom. The highest BCUT2D eigenvalue weighted by molar-refractivity contribution is 6.16. The van der Waals surface area contributed by atoms with Crippen molar-refractivity contribution in [2.24, 2.45) is 0 Å². The Balaban J connectivity index is 0.000000327. The topological polar surface area (TPSA) is 103 Å². The highest BCUT2D eigenvalue weighted by Crippen LogP contribution is 2.41. The van der Waals surface area contributed by atoms with E-state index in [2.05, 4.69) is 16.9 Å². The van der Waals surface area contributed by atoms with Gasteiger partial charge in [0.2, 0.25) is 0 Å². The molecule has 0 aliphatic carbocycles. The van der Waals surface area contributed by atoms with Crippen LogP contribution >= 0.6 is 0 Å². The van der Waals surface area contributed by atoms with E-state index in [0.29, 0.717) is 11.5 Å². The zero-order chi connectivity index (χ0) is 25.5. The van der Waals surface area contributed by atoms with Crippen LogP contribution in [-0.4, -0.2) is 32.5 Å². The molecule has 35 heavy (non-hydrogen) atoms. The summed E-state index contributed by atoms with van der Waals surface area (Å²) < 4.78 is 0. The molecular formula is C28H33N3O4. The molecule has 7 nitrogen and oxygen atoms in total. The average molecular weight is 476 g/mol. The number of H-pyrrole nitrogens is 1. The van der Waals surface area contributed by atoms with E-state index in [-0.39, 0.29) is 11.4 Å². The van der Waals surface area contributed by atoms with Crippen molar-refractivity contribution >= 4 is 34.2 Å². The third-order valence-corrected chi connectivity index (χ3v) is 6.04. The van der Waals surface area contributed by atoms with Gasteiger partial charge in [-0.3, -0.25) is 14.5 Å². The Morgan fingerprint density at radius 2 is 1.77 bits per heavy atom. The number of rotatable bonds is 8. The Bertz CT molecular complexity index is 1240. The number of aliphatic hydroxyl groups is 1. The molecule has 0 saturated carbocycles. The van der Waals surface area contributed by atoms with E-state index in [9.17, 15) is 19.5 Å². The SMILES string of the molecule is CC(=O)C1=C(O)C(=O)N(c2ccc3nc[nH]c3c2)C1c1ccc(C)cc1.CCCCCCC(C)=O. The predicted molar refractivity (Wildman–Crippen MR) is 137 cm³/mol. The summed E-state index contributed by atoms with van der Waals surface area (Å²) in [5, 5.41) is 10.4. The molecule has 7 heteroatoms. The van der Waals surface area contributed by atoms with Crippen LogP contribution < -0.4 is 4.90 Å². The fourth-order valence-corrected chi connectivity index (χ4v) is 4.17. The van der Waals surface area contributed by atoms with Gasteiger partial charge < -0.3 is 14.9 Å². The van der Waals surface area contributed by atoms with Gasteiger partial charge in [-0.15, -0.1) is 0 Å². The van der Waals surface area contributed by atoms with Crippen LogP contribution in [0.2, 0.25) is 0 Å². The number of Topliss-reactive ketones (excluding diaryl/α,β-unsaturated/α-hetero) is 2. The summed E-state index contributed by atoms with van der Waals surface area (Å²) >= 11 is 0. The number of aromatic nitrogens is 2. The molecule has 1 aliphatic rings. The number of carbonyl (C=O) groups is 3. The van der Waals surface area contributed by atoms with Gasteiger partial charge in [0.15, 0.2) is 11.5 Å². The largest absolute Gasteiger partial charge is 0.503 e. The third-order valence-electron chi connectivity index (χ3n) is 6.04. The molecule has 1 unspecified atom stereocenters. The number of aromatic amines is 1. The Kier molecular flexibility index (Phi) is 8.58. The fourth-order valence-electron chi connectivity index (χ4n) is 4.17. The molecule has 1 aromatic heterocycles. The second-order valence-corrected chi connectivity index (χ2v) is 8.92. The zero-order valence-corrected chi connectivity index (χ0v) is 20.8. The van der Waals surface area contributed by atoms with E-state index < -0.39 is 17.7 Å². The normalized spacial score (nSPS) is 15.4. The van der Waals surface area contributed by atoms with Crippen LogP contribution in [0.15, 0.2) is 60.1 Å². The van der Waals surface area contributed by atoms with Crippen molar-refractivity contribution in [1.82, 2.24) is 9.97 Å². The highest BCUT2D eigenvalue weighted by atomic mass is 16.3. The van der Waals surface area contributed by atoms with Crippen molar-refractivity contribution in [2.75, 3.05) is 4.90 Å². The number of aliphatic hydroxyl groups excluding tert-OH is 1. The van der Waals surface area contributed by atoms with Crippen LogP contribution in [0.5, 0.6) is 0 Å². The van der Waals surface area contributed by atoms with Gasteiger partial charge in [0, 0.05) is 12.1 Å².